The highest BCUT2D eigenvalue weighted by Gasteiger charge is 2.14. The second-order valence-corrected chi connectivity index (χ2v) is 8.50. The molecule has 32 heavy (non-hydrogen) atoms. The highest BCUT2D eigenvalue weighted by molar-refractivity contribution is 7.92. The summed E-state index contributed by atoms with van der Waals surface area (Å²) in [6, 6.07) is 18.2. The summed E-state index contributed by atoms with van der Waals surface area (Å²) in [5.74, 6) is 0.389. The van der Waals surface area contributed by atoms with Gasteiger partial charge in [-0.3, -0.25) is 9.52 Å². The Kier molecular flexibility index (Phi) is 7.67. The number of anilines is 1. The topological polar surface area (TPSA) is 93.7 Å². The van der Waals surface area contributed by atoms with Crippen molar-refractivity contribution in [2.75, 3.05) is 25.0 Å². The fraction of sp³-hybridized carbons (Fsp3) is 0.174. The largest absolute Gasteiger partial charge is 0.497 e. The standard InChI is InChI=1S/C23H23FN2O5S/c1-30-20-8-2-17(3-9-20)14-15-25-23(27)16-31-21-10-12-22(13-11-21)32(28,29)26-19-6-4-18(24)5-7-19/h2-13,26H,14-16H2,1H3,(H,25,27). The lowest BCUT2D eigenvalue weighted by Crippen LogP contribution is -2.30. The zero-order chi connectivity index (χ0) is 23.0. The Hall–Kier alpha value is -3.59. The first-order chi connectivity index (χ1) is 15.4. The van der Waals surface area contributed by atoms with Crippen molar-refractivity contribution in [3.05, 3.63) is 84.2 Å². The minimum Gasteiger partial charge on any atom is -0.497 e. The van der Waals surface area contributed by atoms with Gasteiger partial charge in [0.15, 0.2) is 6.61 Å². The maximum Gasteiger partial charge on any atom is 0.261 e. The highest BCUT2D eigenvalue weighted by atomic mass is 32.2. The van der Waals surface area contributed by atoms with E-state index in [9.17, 15) is 17.6 Å². The predicted octanol–water partition coefficient (Wildman–Crippen LogP) is 3.37. The number of sulfonamides is 1. The molecule has 0 atom stereocenters. The molecule has 0 aliphatic carbocycles. The molecule has 0 radical (unpaired) electrons. The molecule has 7 nitrogen and oxygen atoms in total. The van der Waals surface area contributed by atoms with Crippen LogP contribution in [0.25, 0.3) is 0 Å². The van der Waals surface area contributed by atoms with E-state index in [0.717, 1.165) is 23.4 Å². The van der Waals surface area contributed by atoms with Gasteiger partial charge >= 0.3 is 0 Å². The van der Waals surface area contributed by atoms with Crippen molar-refractivity contribution >= 4 is 21.6 Å². The van der Waals surface area contributed by atoms with Crippen LogP contribution in [0.1, 0.15) is 5.56 Å². The Balaban J connectivity index is 1.45. The van der Waals surface area contributed by atoms with Crippen LogP contribution in [0.2, 0.25) is 0 Å². The first-order valence-electron chi connectivity index (χ1n) is 9.76. The Labute approximate surface area is 186 Å². The second kappa shape index (κ2) is 10.6. The van der Waals surface area contributed by atoms with Gasteiger partial charge in [-0.05, 0) is 72.6 Å². The van der Waals surface area contributed by atoms with E-state index in [2.05, 4.69) is 10.0 Å². The number of halogens is 1. The van der Waals surface area contributed by atoms with Crippen molar-refractivity contribution in [3.63, 3.8) is 0 Å². The quantitative estimate of drug-likeness (QED) is 0.486. The van der Waals surface area contributed by atoms with Crippen molar-refractivity contribution in [3.8, 4) is 11.5 Å². The lowest BCUT2D eigenvalue weighted by atomic mass is 10.1. The van der Waals surface area contributed by atoms with Crippen LogP contribution in [0.3, 0.4) is 0 Å². The number of carbonyl (C=O) groups excluding carboxylic acids is 1. The van der Waals surface area contributed by atoms with Crippen LogP contribution in [0.4, 0.5) is 10.1 Å². The molecular formula is C23H23FN2O5S. The van der Waals surface area contributed by atoms with Crippen LogP contribution in [0, 0.1) is 5.82 Å². The lowest BCUT2D eigenvalue weighted by molar-refractivity contribution is -0.123. The van der Waals surface area contributed by atoms with E-state index < -0.39 is 15.8 Å². The molecular weight excluding hydrogens is 435 g/mol. The molecule has 3 aromatic rings. The molecule has 0 aliphatic heterocycles. The van der Waals surface area contributed by atoms with Crippen LogP contribution in [-0.4, -0.2) is 34.6 Å². The molecule has 2 N–H and O–H groups in total. The number of rotatable bonds is 10. The van der Waals surface area contributed by atoms with Gasteiger partial charge in [0.2, 0.25) is 0 Å². The minimum atomic E-state index is -3.83. The van der Waals surface area contributed by atoms with Gasteiger partial charge in [-0.15, -0.1) is 0 Å². The van der Waals surface area contributed by atoms with E-state index in [1.54, 1.807) is 7.11 Å². The van der Waals surface area contributed by atoms with Gasteiger partial charge in [0.05, 0.1) is 12.0 Å². The fourth-order valence-electron chi connectivity index (χ4n) is 2.79. The van der Waals surface area contributed by atoms with Gasteiger partial charge in [-0.1, -0.05) is 12.1 Å². The normalized spacial score (nSPS) is 10.9. The van der Waals surface area contributed by atoms with Crippen molar-refractivity contribution in [1.82, 2.24) is 5.32 Å². The summed E-state index contributed by atoms with van der Waals surface area (Å²) in [6.07, 6.45) is 0.670. The average molecular weight is 459 g/mol. The van der Waals surface area contributed by atoms with E-state index in [0.29, 0.717) is 18.7 Å². The fourth-order valence-corrected chi connectivity index (χ4v) is 3.84. The maximum atomic E-state index is 13.0. The van der Waals surface area contributed by atoms with Crippen molar-refractivity contribution in [2.45, 2.75) is 11.3 Å². The van der Waals surface area contributed by atoms with Gasteiger partial charge in [-0.2, -0.15) is 0 Å². The molecule has 168 valence electrons. The summed E-state index contributed by atoms with van der Waals surface area (Å²) in [4.78, 5) is 12.0. The highest BCUT2D eigenvalue weighted by Crippen LogP contribution is 2.19. The molecule has 0 heterocycles. The second-order valence-electron chi connectivity index (χ2n) is 6.82. The SMILES string of the molecule is COc1ccc(CCNC(=O)COc2ccc(S(=O)(=O)Nc3ccc(F)cc3)cc2)cc1. The first-order valence-corrected chi connectivity index (χ1v) is 11.2. The monoisotopic (exact) mass is 458 g/mol. The van der Waals surface area contributed by atoms with E-state index in [1.165, 1.54) is 36.4 Å². The summed E-state index contributed by atoms with van der Waals surface area (Å²) in [7, 11) is -2.23. The molecule has 3 rings (SSSR count). The van der Waals surface area contributed by atoms with E-state index in [-0.39, 0.29) is 23.1 Å². The van der Waals surface area contributed by atoms with Crippen LogP contribution in [0.5, 0.6) is 11.5 Å². The molecule has 0 saturated heterocycles. The predicted molar refractivity (Wildman–Crippen MR) is 119 cm³/mol. The summed E-state index contributed by atoms with van der Waals surface area (Å²) >= 11 is 0. The van der Waals surface area contributed by atoms with E-state index >= 15 is 0 Å². The number of hydrogen-bond acceptors (Lipinski definition) is 5. The Morgan fingerprint density at radius 1 is 0.906 bits per heavy atom. The van der Waals surface area contributed by atoms with Crippen LogP contribution in [-0.2, 0) is 21.2 Å². The molecule has 0 aliphatic rings. The number of nitrogens with one attached hydrogen (secondary N) is 2. The van der Waals surface area contributed by atoms with Gasteiger partial charge in [0.25, 0.3) is 15.9 Å². The molecule has 3 aromatic carbocycles. The zero-order valence-electron chi connectivity index (χ0n) is 17.4. The first kappa shape index (κ1) is 23.1. The number of hydrogen-bond donors (Lipinski definition) is 2. The number of methoxy groups -OCH3 is 1. The van der Waals surface area contributed by atoms with Gasteiger partial charge < -0.3 is 14.8 Å². The van der Waals surface area contributed by atoms with E-state index in [1.807, 2.05) is 24.3 Å². The summed E-state index contributed by atoms with van der Waals surface area (Å²) in [5, 5.41) is 2.77. The van der Waals surface area contributed by atoms with Crippen molar-refractivity contribution in [1.29, 1.82) is 0 Å². The lowest BCUT2D eigenvalue weighted by Gasteiger charge is -2.10. The van der Waals surface area contributed by atoms with Crippen LogP contribution < -0.4 is 19.5 Å². The smallest absolute Gasteiger partial charge is 0.261 e. The van der Waals surface area contributed by atoms with Crippen LogP contribution >= 0.6 is 0 Å². The van der Waals surface area contributed by atoms with Gasteiger partial charge in [0.1, 0.15) is 17.3 Å². The number of carbonyl (C=O) groups is 1. The molecule has 1 amide bonds. The molecule has 0 bridgehead atoms. The Morgan fingerprint density at radius 3 is 2.16 bits per heavy atom. The van der Waals surface area contributed by atoms with Crippen molar-refractivity contribution in [2.24, 2.45) is 0 Å². The van der Waals surface area contributed by atoms with Gasteiger partial charge in [0, 0.05) is 12.2 Å². The number of amides is 1. The Bertz CT molecular complexity index is 1130. The minimum absolute atomic E-state index is 0.0121. The molecule has 0 saturated carbocycles. The molecule has 0 unspecified atom stereocenters. The van der Waals surface area contributed by atoms with Crippen LogP contribution in [0.15, 0.2) is 77.7 Å². The number of ether oxygens (including phenoxy) is 2. The molecule has 9 heteroatoms. The summed E-state index contributed by atoms with van der Waals surface area (Å²) in [5.41, 5.74) is 1.32. The molecule has 0 aromatic heterocycles. The zero-order valence-corrected chi connectivity index (χ0v) is 18.2. The van der Waals surface area contributed by atoms with E-state index in [4.69, 9.17) is 9.47 Å². The summed E-state index contributed by atoms with van der Waals surface area (Å²) < 4.78 is 50.7. The third-order valence-electron chi connectivity index (χ3n) is 4.50. The summed E-state index contributed by atoms with van der Waals surface area (Å²) in [6.45, 7) is 0.267. The third kappa shape index (κ3) is 6.71. The molecule has 0 spiro atoms. The number of benzene rings is 3. The Morgan fingerprint density at radius 2 is 1.53 bits per heavy atom. The third-order valence-corrected chi connectivity index (χ3v) is 5.89. The van der Waals surface area contributed by atoms with Gasteiger partial charge in [-0.25, -0.2) is 12.8 Å². The van der Waals surface area contributed by atoms with Crippen molar-refractivity contribution < 1.29 is 27.1 Å². The maximum absolute atomic E-state index is 13.0. The average Bonchev–Trinajstić information content (AvgIpc) is 2.80. The molecule has 0 fully saturated rings.